The van der Waals surface area contributed by atoms with Crippen LogP contribution in [-0.2, 0) is 25.7 Å². The molecule has 1 aromatic carbocycles. The third-order valence-electron chi connectivity index (χ3n) is 5.09. The van der Waals surface area contributed by atoms with E-state index in [2.05, 4.69) is 5.16 Å². The fraction of sp³-hybridized carbons (Fsp3) is 0.476. The summed E-state index contributed by atoms with van der Waals surface area (Å²) in [6.07, 6.45) is 1.52. The molecule has 0 radical (unpaired) electrons. The van der Waals surface area contributed by atoms with Crippen molar-refractivity contribution in [2.45, 2.75) is 26.4 Å². The summed E-state index contributed by atoms with van der Waals surface area (Å²) in [5.41, 5.74) is 1.39. The number of nitrogens with zero attached hydrogens (tertiary/aromatic N) is 2. The number of hydrogen-bond donors (Lipinski definition) is 0. The van der Waals surface area contributed by atoms with Crippen LogP contribution in [0.15, 0.2) is 28.8 Å². The van der Waals surface area contributed by atoms with Crippen LogP contribution in [0.1, 0.15) is 25.5 Å². The van der Waals surface area contributed by atoms with Gasteiger partial charge in [0.1, 0.15) is 12.3 Å². The number of likely N-dealkylation sites (tertiary alicyclic amines) is 1. The van der Waals surface area contributed by atoms with Crippen LogP contribution in [0.3, 0.4) is 0 Å². The van der Waals surface area contributed by atoms with Gasteiger partial charge in [0.05, 0.1) is 19.1 Å². The molecule has 0 unspecified atom stereocenters. The first-order chi connectivity index (χ1) is 14.6. The van der Waals surface area contributed by atoms with Gasteiger partial charge in [-0.2, -0.15) is 0 Å². The molecule has 2 aliphatic rings. The van der Waals surface area contributed by atoms with Crippen molar-refractivity contribution in [3.8, 4) is 22.8 Å². The molecule has 0 saturated carbocycles. The van der Waals surface area contributed by atoms with Gasteiger partial charge in [0.15, 0.2) is 17.3 Å². The molecule has 2 aromatic rings. The molecule has 0 bridgehead atoms. The number of carbonyl (C=O) groups excluding carboxylic acids is 2. The average Bonchev–Trinajstić information content (AvgIpc) is 3.43. The predicted molar refractivity (Wildman–Crippen MR) is 104 cm³/mol. The van der Waals surface area contributed by atoms with E-state index in [0.29, 0.717) is 42.6 Å². The van der Waals surface area contributed by atoms with E-state index in [4.69, 9.17) is 23.5 Å². The Balaban J connectivity index is 1.26. The number of amides is 1. The van der Waals surface area contributed by atoms with Crippen LogP contribution in [0.2, 0.25) is 0 Å². The zero-order valence-corrected chi connectivity index (χ0v) is 16.8. The number of ether oxygens (including phenoxy) is 4. The van der Waals surface area contributed by atoms with Crippen LogP contribution >= 0.6 is 0 Å². The van der Waals surface area contributed by atoms with Crippen molar-refractivity contribution in [2.75, 3.05) is 33.1 Å². The topological polar surface area (TPSA) is 100 Å². The Kier molecular flexibility index (Phi) is 6.18. The normalized spacial score (nSPS) is 17.8. The number of piperidine rings is 1. The molecule has 4 rings (SSSR count). The third-order valence-corrected chi connectivity index (χ3v) is 5.09. The summed E-state index contributed by atoms with van der Waals surface area (Å²) in [7, 11) is 0. The summed E-state index contributed by atoms with van der Waals surface area (Å²) in [4.78, 5) is 26.0. The number of hydrogen-bond acceptors (Lipinski definition) is 8. The molecule has 0 aliphatic carbocycles. The van der Waals surface area contributed by atoms with Crippen LogP contribution < -0.4 is 9.47 Å². The smallest absolute Gasteiger partial charge is 0.310 e. The van der Waals surface area contributed by atoms with Crippen molar-refractivity contribution < 1.29 is 33.1 Å². The average molecular weight is 416 g/mol. The largest absolute Gasteiger partial charge is 0.466 e. The molecule has 160 valence electrons. The summed E-state index contributed by atoms with van der Waals surface area (Å²) >= 11 is 0. The van der Waals surface area contributed by atoms with Gasteiger partial charge in [0.2, 0.25) is 12.7 Å². The molecule has 9 nitrogen and oxygen atoms in total. The van der Waals surface area contributed by atoms with Crippen LogP contribution in [0.5, 0.6) is 11.5 Å². The number of aromatic nitrogens is 1. The molecule has 1 amide bonds. The van der Waals surface area contributed by atoms with E-state index in [0.717, 1.165) is 18.4 Å². The van der Waals surface area contributed by atoms with E-state index in [1.54, 1.807) is 17.9 Å². The van der Waals surface area contributed by atoms with Gasteiger partial charge in [-0.05, 0) is 38.0 Å². The second kappa shape index (κ2) is 9.17. The summed E-state index contributed by atoms with van der Waals surface area (Å²) in [5.74, 6) is 1.28. The Hall–Kier alpha value is -3.07. The SMILES string of the molecule is CCOC(=O)[C@@H]1CCCN(C(=O)COCc2cc(-c3ccc4c(c3)OCO4)on2)C1. The van der Waals surface area contributed by atoms with Gasteiger partial charge in [0, 0.05) is 24.7 Å². The zero-order valence-electron chi connectivity index (χ0n) is 16.8. The van der Waals surface area contributed by atoms with Gasteiger partial charge < -0.3 is 28.4 Å². The number of rotatable bonds is 7. The molecule has 1 saturated heterocycles. The van der Waals surface area contributed by atoms with E-state index in [-0.39, 0.29) is 37.8 Å². The Morgan fingerprint density at radius 2 is 2.10 bits per heavy atom. The fourth-order valence-electron chi connectivity index (χ4n) is 3.56. The lowest BCUT2D eigenvalue weighted by Gasteiger charge is -2.31. The maximum absolute atomic E-state index is 12.4. The van der Waals surface area contributed by atoms with Crippen molar-refractivity contribution in [2.24, 2.45) is 5.92 Å². The molecular formula is C21H24N2O7. The van der Waals surface area contributed by atoms with Gasteiger partial charge in [-0.25, -0.2) is 0 Å². The van der Waals surface area contributed by atoms with Crippen molar-refractivity contribution >= 4 is 11.9 Å². The molecule has 0 N–H and O–H groups in total. The first-order valence-corrected chi connectivity index (χ1v) is 10.0. The standard InChI is InChI=1S/C21H24N2O7/c1-2-27-21(25)15-4-3-7-23(10-15)20(24)12-26-11-16-9-18(30-22-16)14-5-6-17-19(8-14)29-13-28-17/h5-6,8-9,15H,2-4,7,10-13H2,1H3/t15-/m1/s1. The molecule has 1 fully saturated rings. The van der Waals surface area contributed by atoms with Crippen LogP contribution in [0.25, 0.3) is 11.3 Å². The molecular weight excluding hydrogens is 392 g/mol. The highest BCUT2D eigenvalue weighted by Crippen LogP contribution is 2.36. The number of carbonyl (C=O) groups is 2. The molecule has 30 heavy (non-hydrogen) atoms. The van der Waals surface area contributed by atoms with E-state index >= 15 is 0 Å². The highest BCUT2D eigenvalue weighted by atomic mass is 16.7. The number of esters is 1. The molecule has 9 heteroatoms. The predicted octanol–water partition coefficient (Wildman–Crippen LogP) is 2.39. The Morgan fingerprint density at radius 1 is 1.23 bits per heavy atom. The number of benzene rings is 1. The molecule has 1 atom stereocenters. The first kappa shape index (κ1) is 20.2. The van der Waals surface area contributed by atoms with Crippen LogP contribution in [0, 0.1) is 5.92 Å². The lowest BCUT2D eigenvalue weighted by molar-refractivity contribution is -0.152. The lowest BCUT2D eigenvalue weighted by Crippen LogP contribution is -2.44. The quantitative estimate of drug-likeness (QED) is 0.635. The maximum atomic E-state index is 12.4. The minimum atomic E-state index is -0.262. The first-order valence-electron chi connectivity index (χ1n) is 10.0. The highest BCUT2D eigenvalue weighted by Gasteiger charge is 2.29. The maximum Gasteiger partial charge on any atom is 0.310 e. The molecule has 0 spiro atoms. The van der Waals surface area contributed by atoms with Gasteiger partial charge in [-0.1, -0.05) is 5.16 Å². The van der Waals surface area contributed by atoms with Crippen LogP contribution in [0.4, 0.5) is 0 Å². The van der Waals surface area contributed by atoms with Gasteiger partial charge in [-0.3, -0.25) is 9.59 Å². The lowest BCUT2D eigenvalue weighted by atomic mass is 9.98. The van der Waals surface area contributed by atoms with Crippen LogP contribution in [-0.4, -0.2) is 55.0 Å². The van der Waals surface area contributed by atoms with Crippen molar-refractivity contribution in [1.82, 2.24) is 10.1 Å². The Morgan fingerprint density at radius 3 is 2.97 bits per heavy atom. The second-order valence-electron chi connectivity index (χ2n) is 7.17. The summed E-state index contributed by atoms with van der Waals surface area (Å²) in [6.45, 7) is 3.39. The van der Waals surface area contributed by atoms with E-state index in [9.17, 15) is 9.59 Å². The molecule has 1 aromatic heterocycles. The summed E-state index contributed by atoms with van der Waals surface area (Å²) in [6, 6.07) is 7.27. The molecule has 2 aliphatic heterocycles. The van der Waals surface area contributed by atoms with Gasteiger partial charge in [0.25, 0.3) is 0 Å². The van der Waals surface area contributed by atoms with Gasteiger partial charge in [-0.15, -0.1) is 0 Å². The second-order valence-corrected chi connectivity index (χ2v) is 7.17. The van der Waals surface area contributed by atoms with E-state index in [1.807, 2.05) is 18.2 Å². The Labute approximate surface area is 173 Å². The minimum Gasteiger partial charge on any atom is -0.466 e. The fourth-order valence-corrected chi connectivity index (χ4v) is 3.56. The summed E-state index contributed by atoms with van der Waals surface area (Å²) < 4.78 is 26.6. The Bertz CT molecular complexity index is 911. The van der Waals surface area contributed by atoms with E-state index in [1.165, 1.54) is 0 Å². The van der Waals surface area contributed by atoms with Gasteiger partial charge >= 0.3 is 5.97 Å². The van der Waals surface area contributed by atoms with Crippen molar-refractivity contribution in [3.05, 3.63) is 30.0 Å². The highest BCUT2D eigenvalue weighted by molar-refractivity contribution is 5.79. The third kappa shape index (κ3) is 4.56. The summed E-state index contributed by atoms with van der Waals surface area (Å²) in [5, 5.41) is 3.99. The molecule has 3 heterocycles. The van der Waals surface area contributed by atoms with Crippen molar-refractivity contribution in [1.29, 1.82) is 0 Å². The minimum absolute atomic E-state index is 0.0816. The monoisotopic (exact) mass is 416 g/mol. The van der Waals surface area contributed by atoms with Crippen molar-refractivity contribution in [3.63, 3.8) is 0 Å². The van der Waals surface area contributed by atoms with E-state index < -0.39 is 0 Å². The number of fused-ring (bicyclic) bond motifs is 1. The zero-order chi connectivity index (χ0) is 20.9.